The van der Waals surface area contributed by atoms with Crippen LogP contribution in [-0.2, 0) is 20.7 Å². The summed E-state index contributed by atoms with van der Waals surface area (Å²) in [5, 5.41) is 5.60. The number of anilines is 1. The van der Waals surface area contributed by atoms with Crippen molar-refractivity contribution >= 4 is 39.3 Å². The first-order valence-corrected chi connectivity index (χ1v) is 9.64. The number of fused-ring (bicyclic) bond motifs is 3. The van der Waals surface area contributed by atoms with Crippen LogP contribution in [-0.4, -0.2) is 32.7 Å². The van der Waals surface area contributed by atoms with E-state index in [9.17, 15) is 9.59 Å². The summed E-state index contributed by atoms with van der Waals surface area (Å²) in [5.74, 6) is 0.0595. The number of methoxy groups -OCH3 is 2. The van der Waals surface area contributed by atoms with E-state index < -0.39 is 18.5 Å². The van der Waals surface area contributed by atoms with Crippen molar-refractivity contribution in [3.63, 3.8) is 0 Å². The molecule has 0 radical (unpaired) electrons. The number of esters is 1. The Hall–Kier alpha value is -4.00. The first-order valence-electron chi connectivity index (χ1n) is 9.64. The highest BCUT2D eigenvalue weighted by Gasteiger charge is 2.15. The van der Waals surface area contributed by atoms with Gasteiger partial charge in [-0.2, -0.15) is 0 Å². The number of carbonyl (C=O) groups is 2. The summed E-state index contributed by atoms with van der Waals surface area (Å²) in [6.45, 7) is -0.399. The lowest BCUT2D eigenvalue weighted by atomic mass is 10.0. The van der Waals surface area contributed by atoms with Crippen LogP contribution in [0.3, 0.4) is 0 Å². The van der Waals surface area contributed by atoms with Gasteiger partial charge < -0.3 is 23.9 Å². The van der Waals surface area contributed by atoms with E-state index in [-0.39, 0.29) is 6.42 Å². The number of benzene rings is 3. The van der Waals surface area contributed by atoms with Crippen LogP contribution in [0.25, 0.3) is 21.7 Å². The fourth-order valence-electron chi connectivity index (χ4n) is 3.47. The topological polar surface area (TPSA) is 87.0 Å². The molecule has 0 spiro atoms. The zero-order chi connectivity index (χ0) is 21.8. The molecule has 1 amide bonds. The van der Waals surface area contributed by atoms with E-state index in [1.165, 1.54) is 14.2 Å². The van der Waals surface area contributed by atoms with Crippen molar-refractivity contribution in [3.8, 4) is 11.5 Å². The van der Waals surface area contributed by atoms with Gasteiger partial charge in [-0.05, 0) is 29.0 Å². The minimum atomic E-state index is -0.516. The third-order valence-electron chi connectivity index (χ3n) is 4.91. The zero-order valence-electron chi connectivity index (χ0n) is 17.1. The van der Waals surface area contributed by atoms with Gasteiger partial charge in [-0.1, -0.05) is 30.3 Å². The number of ether oxygens (including phenoxy) is 3. The average Bonchev–Trinajstić information content (AvgIpc) is 3.20. The lowest BCUT2D eigenvalue weighted by Gasteiger charge is -2.10. The van der Waals surface area contributed by atoms with Crippen LogP contribution in [0.2, 0.25) is 0 Å². The number of hydrogen-bond acceptors (Lipinski definition) is 6. The fraction of sp³-hybridized carbons (Fsp3) is 0.167. The van der Waals surface area contributed by atoms with Crippen molar-refractivity contribution in [1.82, 2.24) is 0 Å². The molecule has 158 valence electrons. The number of rotatable bonds is 7. The highest BCUT2D eigenvalue weighted by Crippen LogP contribution is 2.31. The molecule has 0 unspecified atom stereocenters. The molecule has 31 heavy (non-hydrogen) atoms. The summed E-state index contributed by atoms with van der Waals surface area (Å²) in [5.41, 5.74) is 1.93. The van der Waals surface area contributed by atoms with Crippen molar-refractivity contribution in [2.45, 2.75) is 6.42 Å². The van der Waals surface area contributed by atoms with Crippen molar-refractivity contribution in [2.75, 3.05) is 26.1 Å². The minimum Gasteiger partial charge on any atom is -0.493 e. The van der Waals surface area contributed by atoms with E-state index in [1.807, 2.05) is 36.4 Å². The lowest BCUT2D eigenvalue weighted by Crippen LogP contribution is -2.21. The molecular formula is C24H21NO6. The zero-order valence-corrected chi connectivity index (χ0v) is 17.1. The Balaban J connectivity index is 1.40. The molecule has 4 rings (SSSR count). The summed E-state index contributed by atoms with van der Waals surface area (Å²) < 4.78 is 21.1. The van der Waals surface area contributed by atoms with E-state index >= 15 is 0 Å². The first-order chi connectivity index (χ1) is 15.1. The molecule has 1 aromatic heterocycles. The Kier molecular flexibility index (Phi) is 5.75. The molecular weight excluding hydrogens is 398 g/mol. The molecule has 0 saturated heterocycles. The maximum atomic E-state index is 12.4. The summed E-state index contributed by atoms with van der Waals surface area (Å²) in [4.78, 5) is 24.5. The molecule has 7 nitrogen and oxygen atoms in total. The SMILES string of the molecule is COc1ccc(NC(=O)COC(=O)Cc2coc3ccc4ccccc4c23)cc1OC. The van der Waals surface area contributed by atoms with E-state index in [2.05, 4.69) is 5.32 Å². The minimum absolute atomic E-state index is 0.00461. The largest absolute Gasteiger partial charge is 0.493 e. The Morgan fingerprint density at radius 3 is 2.58 bits per heavy atom. The Labute approximate surface area is 178 Å². The molecule has 1 N–H and O–H groups in total. The monoisotopic (exact) mass is 419 g/mol. The molecule has 7 heteroatoms. The molecule has 0 fully saturated rings. The molecule has 3 aromatic carbocycles. The predicted molar refractivity (Wildman–Crippen MR) is 117 cm³/mol. The summed E-state index contributed by atoms with van der Waals surface area (Å²) in [7, 11) is 3.04. The first kappa shape index (κ1) is 20.3. The van der Waals surface area contributed by atoms with Crippen LogP contribution in [0.5, 0.6) is 11.5 Å². The highest BCUT2D eigenvalue weighted by atomic mass is 16.5. The van der Waals surface area contributed by atoms with Gasteiger partial charge in [-0.15, -0.1) is 0 Å². The van der Waals surface area contributed by atoms with Gasteiger partial charge in [0.15, 0.2) is 18.1 Å². The molecule has 1 heterocycles. The number of amides is 1. The summed E-state index contributed by atoms with van der Waals surface area (Å²) in [6.07, 6.45) is 1.56. The average molecular weight is 419 g/mol. The van der Waals surface area contributed by atoms with Gasteiger partial charge in [0.2, 0.25) is 0 Å². The van der Waals surface area contributed by atoms with Crippen LogP contribution in [0, 0.1) is 0 Å². The molecule has 0 saturated carbocycles. The second-order valence-electron chi connectivity index (χ2n) is 6.88. The van der Waals surface area contributed by atoms with Crippen molar-refractivity contribution in [1.29, 1.82) is 0 Å². The highest BCUT2D eigenvalue weighted by molar-refractivity contribution is 6.08. The predicted octanol–water partition coefficient (Wildman–Crippen LogP) is 4.33. The van der Waals surface area contributed by atoms with Crippen LogP contribution < -0.4 is 14.8 Å². The van der Waals surface area contributed by atoms with Crippen molar-refractivity contribution < 1.29 is 28.2 Å². The fourth-order valence-corrected chi connectivity index (χ4v) is 3.47. The molecule has 0 aliphatic heterocycles. The van der Waals surface area contributed by atoms with E-state index in [1.54, 1.807) is 24.5 Å². The Morgan fingerprint density at radius 2 is 1.77 bits per heavy atom. The lowest BCUT2D eigenvalue weighted by molar-refractivity contribution is -0.146. The number of carbonyl (C=O) groups excluding carboxylic acids is 2. The smallest absolute Gasteiger partial charge is 0.310 e. The van der Waals surface area contributed by atoms with Gasteiger partial charge in [-0.3, -0.25) is 9.59 Å². The normalized spacial score (nSPS) is 10.8. The van der Waals surface area contributed by atoms with Gasteiger partial charge in [0, 0.05) is 22.7 Å². The Morgan fingerprint density at radius 1 is 0.968 bits per heavy atom. The summed E-state index contributed by atoms with van der Waals surface area (Å²) in [6, 6.07) is 16.7. The van der Waals surface area contributed by atoms with Crippen molar-refractivity contribution in [2.24, 2.45) is 0 Å². The second kappa shape index (κ2) is 8.79. The van der Waals surface area contributed by atoms with E-state index in [0.717, 1.165) is 21.7 Å². The number of hydrogen-bond donors (Lipinski definition) is 1. The van der Waals surface area contributed by atoms with Gasteiger partial charge in [0.1, 0.15) is 5.58 Å². The molecule has 0 atom stereocenters. The molecule has 0 aliphatic rings. The maximum Gasteiger partial charge on any atom is 0.310 e. The van der Waals surface area contributed by atoms with Crippen LogP contribution >= 0.6 is 0 Å². The number of nitrogens with one attached hydrogen (secondary N) is 1. The third-order valence-corrected chi connectivity index (χ3v) is 4.91. The second-order valence-corrected chi connectivity index (χ2v) is 6.88. The van der Waals surface area contributed by atoms with Crippen molar-refractivity contribution in [3.05, 3.63) is 66.4 Å². The third kappa shape index (κ3) is 4.30. The molecule has 4 aromatic rings. The van der Waals surface area contributed by atoms with Gasteiger partial charge >= 0.3 is 5.97 Å². The molecule has 0 aliphatic carbocycles. The summed E-state index contributed by atoms with van der Waals surface area (Å²) >= 11 is 0. The van der Waals surface area contributed by atoms with Gasteiger partial charge in [0.25, 0.3) is 5.91 Å². The van der Waals surface area contributed by atoms with E-state index in [4.69, 9.17) is 18.6 Å². The number of furan rings is 1. The van der Waals surface area contributed by atoms with Crippen LogP contribution in [0.15, 0.2) is 65.3 Å². The van der Waals surface area contributed by atoms with E-state index in [0.29, 0.717) is 22.8 Å². The van der Waals surface area contributed by atoms with Gasteiger partial charge in [0.05, 0.1) is 26.9 Å². The van der Waals surface area contributed by atoms with Gasteiger partial charge in [-0.25, -0.2) is 0 Å². The molecule has 0 bridgehead atoms. The standard InChI is InChI=1S/C24H21NO6/c1-28-19-10-8-17(12-21(19)29-2)25-22(26)14-31-23(27)11-16-13-30-20-9-7-15-5-3-4-6-18(15)24(16)20/h3-10,12-13H,11,14H2,1-2H3,(H,25,26). The van der Waals surface area contributed by atoms with Crippen LogP contribution in [0.1, 0.15) is 5.56 Å². The maximum absolute atomic E-state index is 12.4. The Bertz CT molecular complexity index is 1260. The quantitative estimate of drug-likeness (QED) is 0.449. The van der Waals surface area contributed by atoms with Crippen LogP contribution in [0.4, 0.5) is 5.69 Å².